The molecule has 4 aromatic rings. The van der Waals surface area contributed by atoms with Gasteiger partial charge in [-0.2, -0.15) is 0 Å². The first kappa shape index (κ1) is 16.1. The van der Waals surface area contributed by atoms with Gasteiger partial charge >= 0.3 is 0 Å². The summed E-state index contributed by atoms with van der Waals surface area (Å²) in [5.74, 6) is 1.02. The van der Waals surface area contributed by atoms with E-state index in [-0.39, 0.29) is 17.6 Å². The summed E-state index contributed by atoms with van der Waals surface area (Å²) < 4.78 is 5.00. The lowest BCUT2D eigenvalue weighted by molar-refractivity contribution is 0.0925. The Bertz CT molecular complexity index is 1000. The molecule has 6 nitrogen and oxygen atoms in total. The van der Waals surface area contributed by atoms with E-state index in [1.807, 2.05) is 54.6 Å². The second kappa shape index (κ2) is 6.84. The zero-order valence-electron chi connectivity index (χ0n) is 14.3. The molecule has 1 amide bonds. The summed E-state index contributed by atoms with van der Waals surface area (Å²) in [5.41, 5.74) is 3.17. The van der Waals surface area contributed by atoms with Crippen LogP contribution >= 0.6 is 0 Å². The van der Waals surface area contributed by atoms with Crippen LogP contribution in [0.25, 0.3) is 11.0 Å². The fourth-order valence-corrected chi connectivity index (χ4v) is 2.91. The number of aryl methyl sites for hydroxylation is 1. The predicted octanol–water partition coefficient (Wildman–Crippen LogP) is 3.57. The molecular weight excluding hydrogens is 328 g/mol. The van der Waals surface area contributed by atoms with Crippen LogP contribution in [0, 0.1) is 6.92 Å². The Morgan fingerprint density at radius 1 is 1.15 bits per heavy atom. The first-order chi connectivity index (χ1) is 12.7. The van der Waals surface area contributed by atoms with Gasteiger partial charge in [0.15, 0.2) is 5.69 Å². The zero-order chi connectivity index (χ0) is 17.9. The molecule has 2 aromatic carbocycles. The molecule has 0 aliphatic rings. The third-order valence-electron chi connectivity index (χ3n) is 4.19. The average Bonchev–Trinajstić information content (AvgIpc) is 3.28. The zero-order valence-corrected chi connectivity index (χ0v) is 14.3. The molecule has 0 saturated carbocycles. The van der Waals surface area contributed by atoms with Crippen molar-refractivity contribution in [3.05, 3.63) is 83.5 Å². The Hall–Kier alpha value is -3.41. The number of hydrogen-bond donors (Lipinski definition) is 2. The molecule has 0 aliphatic heterocycles. The standard InChI is InChI=1S/C20H18N4O2/c1-13-11-18(24-26-13)20(25)23-17(12-14-7-3-2-4-8-14)19-21-15-9-5-6-10-16(15)22-19/h2-11,17H,12H2,1H3,(H,21,22)(H,23,25)/t17-/m0/s1. The van der Waals surface area contributed by atoms with Crippen LogP contribution < -0.4 is 5.32 Å². The molecule has 130 valence electrons. The molecule has 0 unspecified atom stereocenters. The Morgan fingerprint density at radius 3 is 2.65 bits per heavy atom. The summed E-state index contributed by atoms with van der Waals surface area (Å²) in [5, 5.41) is 6.81. The summed E-state index contributed by atoms with van der Waals surface area (Å²) in [6.45, 7) is 1.75. The Morgan fingerprint density at radius 2 is 1.92 bits per heavy atom. The first-order valence-electron chi connectivity index (χ1n) is 8.42. The SMILES string of the molecule is Cc1cc(C(=O)N[C@@H](Cc2ccccc2)c2nc3ccccc3[nH]2)no1. The van der Waals surface area contributed by atoms with E-state index in [0.29, 0.717) is 18.0 Å². The third-order valence-corrected chi connectivity index (χ3v) is 4.19. The number of aromatic nitrogens is 3. The summed E-state index contributed by atoms with van der Waals surface area (Å²) in [4.78, 5) is 20.5. The van der Waals surface area contributed by atoms with Crippen LogP contribution in [0.1, 0.15) is 33.7 Å². The van der Waals surface area contributed by atoms with Crippen molar-refractivity contribution in [1.29, 1.82) is 0 Å². The monoisotopic (exact) mass is 346 g/mol. The topological polar surface area (TPSA) is 83.8 Å². The minimum Gasteiger partial charge on any atom is -0.361 e. The van der Waals surface area contributed by atoms with Gasteiger partial charge in [0, 0.05) is 6.07 Å². The van der Waals surface area contributed by atoms with E-state index in [1.54, 1.807) is 13.0 Å². The van der Waals surface area contributed by atoms with Gasteiger partial charge in [0.05, 0.1) is 17.1 Å². The number of nitrogens with zero attached hydrogens (tertiary/aromatic N) is 2. The van der Waals surface area contributed by atoms with Crippen molar-refractivity contribution in [3.8, 4) is 0 Å². The maximum Gasteiger partial charge on any atom is 0.274 e. The van der Waals surface area contributed by atoms with E-state index in [9.17, 15) is 4.79 Å². The molecule has 26 heavy (non-hydrogen) atoms. The largest absolute Gasteiger partial charge is 0.361 e. The number of H-pyrrole nitrogens is 1. The minimum absolute atomic E-state index is 0.261. The highest BCUT2D eigenvalue weighted by Crippen LogP contribution is 2.20. The van der Waals surface area contributed by atoms with Gasteiger partial charge in [0.2, 0.25) is 0 Å². The molecule has 2 aromatic heterocycles. The fourth-order valence-electron chi connectivity index (χ4n) is 2.91. The van der Waals surface area contributed by atoms with Crippen molar-refractivity contribution in [3.63, 3.8) is 0 Å². The summed E-state index contributed by atoms with van der Waals surface area (Å²) in [7, 11) is 0. The van der Waals surface area contributed by atoms with E-state index < -0.39 is 0 Å². The van der Waals surface area contributed by atoms with E-state index in [1.165, 1.54) is 0 Å². The van der Waals surface area contributed by atoms with Crippen LogP contribution in [-0.4, -0.2) is 21.0 Å². The van der Waals surface area contributed by atoms with Crippen LogP contribution in [-0.2, 0) is 6.42 Å². The van der Waals surface area contributed by atoms with Gasteiger partial charge < -0.3 is 14.8 Å². The van der Waals surface area contributed by atoms with Gasteiger partial charge in [0.25, 0.3) is 5.91 Å². The maximum atomic E-state index is 12.6. The lowest BCUT2D eigenvalue weighted by atomic mass is 10.1. The van der Waals surface area contributed by atoms with Gasteiger partial charge in [-0.15, -0.1) is 0 Å². The van der Waals surface area contributed by atoms with Crippen LogP contribution in [0.4, 0.5) is 0 Å². The smallest absolute Gasteiger partial charge is 0.274 e. The van der Waals surface area contributed by atoms with Crippen LogP contribution in [0.2, 0.25) is 0 Å². The number of aromatic amines is 1. The van der Waals surface area contributed by atoms with Gasteiger partial charge in [0.1, 0.15) is 11.6 Å². The number of nitrogens with one attached hydrogen (secondary N) is 2. The normalized spacial score (nSPS) is 12.2. The molecule has 1 atom stereocenters. The van der Waals surface area contributed by atoms with E-state index in [0.717, 1.165) is 16.6 Å². The van der Waals surface area contributed by atoms with Crippen molar-refractivity contribution in [2.75, 3.05) is 0 Å². The van der Waals surface area contributed by atoms with Crippen molar-refractivity contribution >= 4 is 16.9 Å². The Balaban J connectivity index is 1.65. The predicted molar refractivity (Wildman–Crippen MR) is 97.7 cm³/mol. The highest BCUT2D eigenvalue weighted by atomic mass is 16.5. The van der Waals surface area contributed by atoms with Gasteiger partial charge in [-0.05, 0) is 31.0 Å². The number of carbonyl (C=O) groups is 1. The van der Waals surface area contributed by atoms with Crippen molar-refractivity contribution in [1.82, 2.24) is 20.4 Å². The number of para-hydroxylation sites is 2. The fraction of sp³-hybridized carbons (Fsp3) is 0.150. The van der Waals surface area contributed by atoms with Crippen LogP contribution in [0.15, 0.2) is 65.2 Å². The van der Waals surface area contributed by atoms with Gasteiger partial charge in [-0.1, -0.05) is 47.6 Å². The molecule has 2 heterocycles. The number of benzene rings is 2. The summed E-state index contributed by atoms with van der Waals surface area (Å²) >= 11 is 0. The Kier molecular flexibility index (Phi) is 4.23. The maximum absolute atomic E-state index is 12.6. The van der Waals surface area contributed by atoms with E-state index in [2.05, 4.69) is 20.4 Å². The quantitative estimate of drug-likeness (QED) is 0.578. The number of amides is 1. The molecule has 0 radical (unpaired) electrons. The highest BCUT2D eigenvalue weighted by molar-refractivity contribution is 5.92. The average molecular weight is 346 g/mol. The third kappa shape index (κ3) is 3.35. The molecule has 2 N–H and O–H groups in total. The second-order valence-electron chi connectivity index (χ2n) is 6.18. The van der Waals surface area contributed by atoms with Crippen molar-refractivity contribution < 1.29 is 9.32 Å². The van der Waals surface area contributed by atoms with Crippen molar-refractivity contribution in [2.24, 2.45) is 0 Å². The number of carbonyl (C=O) groups excluding carboxylic acids is 1. The molecule has 0 fully saturated rings. The lowest BCUT2D eigenvalue weighted by Gasteiger charge is -2.16. The summed E-state index contributed by atoms with van der Waals surface area (Å²) in [6, 6.07) is 19.1. The number of rotatable bonds is 5. The van der Waals surface area contributed by atoms with E-state index in [4.69, 9.17) is 4.52 Å². The number of imidazole rings is 1. The molecule has 0 aliphatic carbocycles. The first-order valence-corrected chi connectivity index (χ1v) is 8.42. The van der Waals surface area contributed by atoms with Gasteiger partial charge in [-0.25, -0.2) is 4.98 Å². The second-order valence-corrected chi connectivity index (χ2v) is 6.18. The number of hydrogen-bond acceptors (Lipinski definition) is 4. The van der Waals surface area contributed by atoms with Crippen LogP contribution in [0.5, 0.6) is 0 Å². The van der Waals surface area contributed by atoms with Gasteiger partial charge in [-0.3, -0.25) is 4.79 Å². The number of fused-ring (bicyclic) bond motifs is 1. The van der Waals surface area contributed by atoms with E-state index >= 15 is 0 Å². The molecule has 4 rings (SSSR count). The molecule has 0 spiro atoms. The molecular formula is C20H18N4O2. The minimum atomic E-state index is -0.311. The Labute approximate surface area is 150 Å². The van der Waals surface area contributed by atoms with Crippen LogP contribution in [0.3, 0.4) is 0 Å². The lowest BCUT2D eigenvalue weighted by Crippen LogP contribution is -2.31. The highest BCUT2D eigenvalue weighted by Gasteiger charge is 2.21. The molecule has 0 saturated heterocycles. The summed E-state index contributed by atoms with van der Waals surface area (Å²) in [6.07, 6.45) is 0.614. The molecule has 6 heteroatoms. The molecule has 0 bridgehead atoms. The van der Waals surface area contributed by atoms with Crippen molar-refractivity contribution in [2.45, 2.75) is 19.4 Å².